The molecule has 1 saturated carbocycles. The second-order valence-corrected chi connectivity index (χ2v) is 6.64. The van der Waals surface area contributed by atoms with Crippen molar-refractivity contribution in [1.82, 2.24) is 5.32 Å². The van der Waals surface area contributed by atoms with Crippen LogP contribution in [0.4, 0.5) is 5.69 Å². The summed E-state index contributed by atoms with van der Waals surface area (Å²) in [6.07, 6.45) is 5.10. The normalized spacial score (nSPS) is 19.4. The van der Waals surface area contributed by atoms with E-state index in [-0.39, 0.29) is 17.7 Å². The van der Waals surface area contributed by atoms with Crippen molar-refractivity contribution in [3.8, 4) is 0 Å². The van der Waals surface area contributed by atoms with Crippen LogP contribution < -0.4 is 10.6 Å². The van der Waals surface area contributed by atoms with Crippen LogP contribution >= 0.6 is 0 Å². The lowest BCUT2D eigenvalue weighted by Crippen LogP contribution is -2.50. The van der Waals surface area contributed by atoms with E-state index >= 15 is 0 Å². The standard InChI is InChI=1S/C18H24N2O3/c1-11(21)16(20-17(22)13-9-10-13)18(23)19-15-8-4-6-12-5-2-3-7-14(12)15/h4,6,8,11,13,16,21H,2-3,5,7,9-10H2,1H3,(H,19,23)(H,20,22). The van der Waals surface area contributed by atoms with E-state index in [1.54, 1.807) is 0 Å². The first-order valence-electron chi connectivity index (χ1n) is 8.46. The van der Waals surface area contributed by atoms with Crippen LogP contribution in [0.2, 0.25) is 0 Å². The zero-order valence-corrected chi connectivity index (χ0v) is 13.5. The molecular formula is C18H24N2O3. The first-order chi connectivity index (χ1) is 11.1. The smallest absolute Gasteiger partial charge is 0.249 e. The van der Waals surface area contributed by atoms with E-state index < -0.39 is 12.1 Å². The van der Waals surface area contributed by atoms with Gasteiger partial charge in [-0.1, -0.05) is 12.1 Å². The van der Waals surface area contributed by atoms with E-state index in [1.807, 2.05) is 12.1 Å². The Bertz CT molecular complexity index is 608. The fraction of sp³-hybridized carbons (Fsp3) is 0.556. The maximum atomic E-state index is 12.5. The highest BCUT2D eigenvalue weighted by Crippen LogP contribution is 2.30. The molecule has 124 valence electrons. The number of carbonyl (C=O) groups excluding carboxylic acids is 2. The van der Waals surface area contributed by atoms with Gasteiger partial charge in [0, 0.05) is 11.6 Å². The van der Waals surface area contributed by atoms with Crippen molar-refractivity contribution in [1.29, 1.82) is 0 Å². The van der Waals surface area contributed by atoms with Crippen LogP contribution in [0.15, 0.2) is 18.2 Å². The van der Waals surface area contributed by atoms with E-state index in [0.717, 1.165) is 37.8 Å². The van der Waals surface area contributed by atoms with Gasteiger partial charge in [-0.2, -0.15) is 0 Å². The van der Waals surface area contributed by atoms with E-state index in [1.165, 1.54) is 24.5 Å². The number of fused-ring (bicyclic) bond motifs is 1. The van der Waals surface area contributed by atoms with E-state index in [9.17, 15) is 14.7 Å². The molecule has 0 aliphatic heterocycles. The van der Waals surface area contributed by atoms with Crippen molar-refractivity contribution in [2.75, 3.05) is 5.32 Å². The van der Waals surface area contributed by atoms with Gasteiger partial charge in [0.15, 0.2) is 0 Å². The molecule has 2 unspecified atom stereocenters. The fourth-order valence-electron chi connectivity index (χ4n) is 3.13. The highest BCUT2D eigenvalue weighted by atomic mass is 16.3. The van der Waals surface area contributed by atoms with Crippen molar-refractivity contribution in [3.63, 3.8) is 0 Å². The predicted molar refractivity (Wildman–Crippen MR) is 88.0 cm³/mol. The lowest BCUT2D eigenvalue weighted by molar-refractivity contribution is -0.129. The van der Waals surface area contributed by atoms with Gasteiger partial charge in [0.2, 0.25) is 11.8 Å². The maximum Gasteiger partial charge on any atom is 0.249 e. The summed E-state index contributed by atoms with van der Waals surface area (Å²) >= 11 is 0. The average molecular weight is 316 g/mol. The molecule has 1 aromatic rings. The molecule has 0 radical (unpaired) electrons. The van der Waals surface area contributed by atoms with Crippen LogP contribution in [0.25, 0.3) is 0 Å². The van der Waals surface area contributed by atoms with Crippen LogP contribution in [0.1, 0.15) is 43.7 Å². The minimum Gasteiger partial charge on any atom is -0.391 e. The Morgan fingerprint density at radius 1 is 1.22 bits per heavy atom. The van der Waals surface area contributed by atoms with Crippen LogP contribution in [-0.2, 0) is 22.4 Å². The van der Waals surface area contributed by atoms with Crippen molar-refractivity contribution in [2.24, 2.45) is 5.92 Å². The monoisotopic (exact) mass is 316 g/mol. The Morgan fingerprint density at radius 2 is 1.96 bits per heavy atom. The summed E-state index contributed by atoms with van der Waals surface area (Å²) in [6, 6.07) is 5.03. The van der Waals surface area contributed by atoms with Gasteiger partial charge in [-0.3, -0.25) is 9.59 Å². The first kappa shape index (κ1) is 16.0. The Hall–Kier alpha value is -1.88. The fourth-order valence-corrected chi connectivity index (χ4v) is 3.13. The van der Waals surface area contributed by atoms with Crippen LogP contribution in [0.3, 0.4) is 0 Å². The minimum absolute atomic E-state index is 0.00790. The zero-order valence-electron chi connectivity index (χ0n) is 13.5. The molecule has 5 heteroatoms. The average Bonchev–Trinajstić information content (AvgIpc) is 3.37. The molecule has 3 N–H and O–H groups in total. The highest BCUT2D eigenvalue weighted by molar-refractivity contribution is 5.98. The molecule has 1 fully saturated rings. The second-order valence-electron chi connectivity index (χ2n) is 6.64. The Labute approximate surface area is 136 Å². The SMILES string of the molecule is CC(O)C(NC(=O)C1CC1)C(=O)Nc1cccc2c1CCCC2. The molecule has 1 aromatic carbocycles. The third-order valence-electron chi connectivity index (χ3n) is 4.66. The molecule has 3 rings (SSSR count). The largest absolute Gasteiger partial charge is 0.391 e. The number of nitrogens with one attached hydrogen (secondary N) is 2. The molecule has 0 bridgehead atoms. The number of hydrogen-bond donors (Lipinski definition) is 3. The van der Waals surface area contributed by atoms with E-state index in [2.05, 4.69) is 16.7 Å². The third kappa shape index (κ3) is 3.72. The van der Waals surface area contributed by atoms with Crippen molar-refractivity contribution in [2.45, 2.75) is 57.6 Å². The lowest BCUT2D eigenvalue weighted by atomic mass is 9.90. The molecule has 2 aliphatic carbocycles. The molecule has 2 aliphatic rings. The Balaban J connectivity index is 1.72. The third-order valence-corrected chi connectivity index (χ3v) is 4.66. The quantitative estimate of drug-likeness (QED) is 0.775. The summed E-state index contributed by atoms with van der Waals surface area (Å²) in [5, 5.41) is 15.5. The number of rotatable bonds is 5. The van der Waals surface area contributed by atoms with Crippen LogP contribution in [-0.4, -0.2) is 29.1 Å². The number of amides is 2. The summed E-state index contributed by atoms with van der Waals surface area (Å²) in [4.78, 5) is 24.4. The molecule has 23 heavy (non-hydrogen) atoms. The number of hydrogen-bond acceptors (Lipinski definition) is 3. The molecule has 2 amide bonds. The van der Waals surface area contributed by atoms with Crippen molar-refractivity contribution in [3.05, 3.63) is 29.3 Å². The summed E-state index contributed by atoms with van der Waals surface area (Å²) < 4.78 is 0. The molecule has 0 aromatic heterocycles. The number of aryl methyl sites for hydroxylation is 1. The van der Waals surface area contributed by atoms with Crippen LogP contribution in [0.5, 0.6) is 0 Å². The summed E-state index contributed by atoms with van der Waals surface area (Å²) in [5.74, 6) is -0.484. The summed E-state index contributed by atoms with van der Waals surface area (Å²) in [6.45, 7) is 1.53. The lowest BCUT2D eigenvalue weighted by Gasteiger charge is -2.24. The molecule has 0 heterocycles. The topological polar surface area (TPSA) is 78.4 Å². The van der Waals surface area contributed by atoms with Gasteiger partial charge in [0.25, 0.3) is 0 Å². The van der Waals surface area contributed by atoms with Gasteiger partial charge < -0.3 is 15.7 Å². The van der Waals surface area contributed by atoms with Gasteiger partial charge in [-0.25, -0.2) is 0 Å². The van der Waals surface area contributed by atoms with Crippen molar-refractivity contribution < 1.29 is 14.7 Å². The number of aliphatic hydroxyl groups excluding tert-OH is 1. The van der Waals surface area contributed by atoms with Crippen LogP contribution in [0, 0.1) is 5.92 Å². The van der Waals surface area contributed by atoms with E-state index in [4.69, 9.17) is 0 Å². The van der Waals surface area contributed by atoms with Gasteiger partial charge in [-0.05, 0) is 62.6 Å². The highest BCUT2D eigenvalue weighted by Gasteiger charge is 2.34. The Kier molecular flexibility index (Phi) is 4.66. The predicted octanol–water partition coefficient (Wildman–Crippen LogP) is 1.78. The Morgan fingerprint density at radius 3 is 2.65 bits per heavy atom. The number of anilines is 1. The molecule has 2 atom stereocenters. The number of carbonyl (C=O) groups is 2. The maximum absolute atomic E-state index is 12.5. The molecule has 0 spiro atoms. The van der Waals surface area contributed by atoms with Gasteiger partial charge in [0.05, 0.1) is 6.10 Å². The second kappa shape index (κ2) is 6.71. The van der Waals surface area contributed by atoms with Crippen molar-refractivity contribution >= 4 is 17.5 Å². The molecular weight excluding hydrogens is 292 g/mol. The van der Waals surface area contributed by atoms with Gasteiger partial charge in [-0.15, -0.1) is 0 Å². The van der Waals surface area contributed by atoms with E-state index in [0.29, 0.717) is 0 Å². The number of aliphatic hydroxyl groups is 1. The summed E-state index contributed by atoms with van der Waals surface area (Å²) in [7, 11) is 0. The molecule has 5 nitrogen and oxygen atoms in total. The number of benzene rings is 1. The first-order valence-corrected chi connectivity index (χ1v) is 8.46. The van der Waals surface area contributed by atoms with Gasteiger partial charge in [0.1, 0.15) is 6.04 Å². The molecule has 0 saturated heterocycles. The van der Waals surface area contributed by atoms with Gasteiger partial charge >= 0.3 is 0 Å². The summed E-state index contributed by atoms with van der Waals surface area (Å²) in [5.41, 5.74) is 3.27. The zero-order chi connectivity index (χ0) is 16.4. The minimum atomic E-state index is -0.933.